The van der Waals surface area contributed by atoms with Gasteiger partial charge >= 0.3 is 0 Å². The summed E-state index contributed by atoms with van der Waals surface area (Å²) in [5.74, 6) is 0.253. The van der Waals surface area contributed by atoms with E-state index in [1.165, 1.54) is 0 Å². The first-order valence-corrected chi connectivity index (χ1v) is 3.92. The highest BCUT2D eigenvalue weighted by Crippen LogP contribution is 2.10. The summed E-state index contributed by atoms with van der Waals surface area (Å²) in [4.78, 5) is 18.5. The fourth-order valence-electron chi connectivity index (χ4n) is 0.929. The van der Waals surface area contributed by atoms with Gasteiger partial charge in [-0.2, -0.15) is 0 Å². The Kier molecular flexibility index (Phi) is 2.92. The van der Waals surface area contributed by atoms with Crippen LogP contribution in [0.15, 0.2) is 12.4 Å². The number of aromatic nitrogens is 2. The van der Waals surface area contributed by atoms with Gasteiger partial charge in [-0.05, 0) is 6.92 Å². The SMILES string of the molecule is Cc1ncc(C(N)CC(N)=O)cn1. The number of amides is 1. The molecule has 1 atom stereocenters. The van der Waals surface area contributed by atoms with Gasteiger partial charge in [-0.3, -0.25) is 4.79 Å². The van der Waals surface area contributed by atoms with Crippen LogP contribution in [-0.4, -0.2) is 15.9 Å². The minimum atomic E-state index is -0.423. The Balaban J connectivity index is 2.71. The average molecular weight is 180 g/mol. The minimum absolute atomic E-state index is 0.117. The van der Waals surface area contributed by atoms with E-state index in [4.69, 9.17) is 11.5 Å². The molecule has 1 unspecified atom stereocenters. The van der Waals surface area contributed by atoms with Crippen molar-refractivity contribution < 1.29 is 4.79 Å². The van der Waals surface area contributed by atoms with Gasteiger partial charge in [-0.25, -0.2) is 9.97 Å². The Labute approximate surface area is 76.2 Å². The van der Waals surface area contributed by atoms with Crippen molar-refractivity contribution in [1.82, 2.24) is 9.97 Å². The monoisotopic (exact) mass is 180 g/mol. The number of rotatable bonds is 3. The Morgan fingerprint density at radius 1 is 1.54 bits per heavy atom. The van der Waals surface area contributed by atoms with Crippen LogP contribution in [0.3, 0.4) is 0 Å². The molecular formula is C8H12N4O. The zero-order chi connectivity index (χ0) is 9.84. The molecule has 5 heteroatoms. The molecule has 70 valence electrons. The minimum Gasteiger partial charge on any atom is -0.370 e. The summed E-state index contributed by atoms with van der Waals surface area (Å²) in [6.45, 7) is 1.78. The van der Waals surface area contributed by atoms with E-state index in [0.717, 1.165) is 5.56 Å². The molecule has 0 radical (unpaired) electrons. The van der Waals surface area contributed by atoms with Crippen molar-refractivity contribution in [3.63, 3.8) is 0 Å². The summed E-state index contributed by atoms with van der Waals surface area (Å²) < 4.78 is 0. The van der Waals surface area contributed by atoms with Crippen LogP contribution in [0.1, 0.15) is 23.9 Å². The molecule has 0 saturated carbocycles. The van der Waals surface area contributed by atoms with Crippen LogP contribution in [0.5, 0.6) is 0 Å². The van der Waals surface area contributed by atoms with Gasteiger partial charge in [0, 0.05) is 30.4 Å². The molecule has 1 rings (SSSR count). The Hall–Kier alpha value is -1.49. The van der Waals surface area contributed by atoms with Crippen molar-refractivity contribution in [3.8, 4) is 0 Å². The van der Waals surface area contributed by atoms with E-state index >= 15 is 0 Å². The van der Waals surface area contributed by atoms with Gasteiger partial charge in [-0.1, -0.05) is 0 Å². The molecule has 1 aromatic rings. The van der Waals surface area contributed by atoms with E-state index in [0.29, 0.717) is 5.82 Å². The number of carbonyl (C=O) groups is 1. The van der Waals surface area contributed by atoms with Gasteiger partial charge in [0.25, 0.3) is 0 Å². The molecule has 0 fully saturated rings. The molecule has 1 amide bonds. The first-order chi connectivity index (χ1) is 6.09. The molecular weight excluding hydrogens is 168 g/mol. The van der Waals surface area contributed by atoms with Gasteiger partial charge in [0.2, 0.25) is 5.91 Å². The number of hydrogen-bond acceptors (Lipinski definition) is 4. The third kappa shape index (κ3) is 2.79. The molecule has 0 bridgehead atoms. The quantitative estimate of drug-likeness (QED) is 0.665. The Bertz CT molecular complexity index is 296. The lowest BCUT2D eigenvalue weighted by Crippen LogP contribution is -2.21. The molecule has 0 aliphatic heterocycles. The number of primary amides is 1. The van der Waals surface area contributed by atoms with Crippen LogP contribution >= 0.6 is 0 Å². The highest BCUT2D eigenvalue weighted by atomic mass is 16.1. The summed E-state index contributed by atoms with van der Waals surface area (Å²) >= 11 is 0. The van der Waals surface area contributed by atoms with Crippen molar-refractivity contribution in [2.24, 2.45) is 11.5 Å². The van der Waals surface area contributed by atoms with Gasteiger partial charge in [-0.15, -0.1) is 0 Å². The van der Waals surface area contributed by atoms with Crippen molar-refractivity contribution >= 4 is 5.91 Å². The summed E-state index contributed by atoms with van der Waals surface area (Å²) in [5.41, 5.74) is 11.4. The standard InChI is InChI=1S/C8H12N4O/c1-5-11-3-6(4-12-5)7(9)2-8(10)13/h3-4,7H,2,9H2,1H3,(H2,10,13). The van der Waals surface area contributed by atoms with Gasteiger partial charge < -0.3 is 11.5 Å². The zero-order valence-electron chi connectivity index (χ0n) is 7.40. The topological polar surface area (TPSA) is 94.9 Å². The second-order valence-corrected chi connectivity index (χ2v) is 2.84. The second kappa shape index (κ2) is 3.95. The summed E-state index contributed by atoms with van der Waals surface area (Å²) in [7, 11) is 0. The fourth-order valence-corrected chi connectivity index (χ4v) is 0.929. The van der Waals surface area contributed by atoms with Gasteiger partial charge in [0.15, 0.2) is 0 Å². The first-order valence-electron chi connectivity index (χ1n) is 3.92. The summed E-state index contributed by atoms with van der Waals surface area (Å²) in [5, 5.41) is 0. The number of nitrogens with two attached hydrogens (primary N) is 2. The van der Waals surface area contributed by atoms with Crippen molar-refractivity contribution in [3.05, 3.63) is 23.8 Å². The molecule has 1 aromatic heterocycles. The van der Waals surface area contributed by atoms with Crippen LogP contribution < -0.4 is 11.5 Å². The normalized spacial score (nSPS) is 12.5. The molecule has 4 N–H and O–H groups in total. The maximum absolute atomic E-state index is 10.6. The lowest BCUT2D eigenvalue weighted by molar-refractivity contribution is -0.118. The molecule has 0 aromatic carbocycles. The van der Waals surface area contributed by atoms with Crippen LogP contribution in [0.2, 0.25) is 0 Å². The average Bonchev–Trinajstić information content (AvgIpc) is 2.04. The van der Waals surface area contributed by atoms with Crippen LogP contribution in [0.4, 0.5) is 0 Å². The Morgan fingerprint density at radius 3 is 2.54 bits per heavy atom. The molecule has 0 aliphatic carbocycles. The van der Waals surface area contributed by atoms with Crippen molar-refractivity contribution in [2.75, 3.05) is 0 Å². The van der Waals surface area contributed by atoms with Crippen LogP contribution in [0.25, 0.3) is 0 Å². The van der Waals surface area contributed by atoms with E-state index in [1.54, 1.807) is 19.3 Å². The van der Waals surface area contributed by atoms with Crippen molar-refractivity contribution in [1.29, 1.82) is 0 Å². The van der Waals surface area contributed by atoms with E-state index in [-0.39, 0.29) is 6.42 Å². The van der Waals surface area contributed by atoms with E-state index in [2.05, 4.69) is 9.97 Å². The lowest BCUT2D eigenvalue weighted by atomic mass is 10.1. The maximum atomic E-state index is 10.6. The third-order valence-electron chi connectivity index (χ3n) is 1.65. The van der Waals surface area contributed by atoms with Gasteiger partial charge in [0.1, 0.15) is 5.82 Å². The van der Waals surface area contributed by atoms with Crippen LogP contribution in [0, 0.1) is 6.92 Å². The molecule has 1 heterocycles. The molecule has 0 spiro atoms. The first kappa shape index (κ1) is 9.60. The Morgan fingerprint density at radius 2 is 2.08 bits per heavy atom. The van der Waals surface area contributed by atoms with E-state index in [1.807, 2.05) is 0 Å². The molecule has 13 heavy (non-hydrogen) atoms. The number of hydrogen-bond donors (Lipinski definition) is 2. The fraction of sp³-hybridized carbons (Fsp3) is 0.375. The number of carbonyl (C=O) groups excluding carboxylic acids is 1. The molecule has 0 aliphatic rings. The van der Waals surface area contributed by atoms with Crippen LogP contribution in [-0.2, 0) is 4.79 Å². The predicted octanol–water partition coefficient (Wildman–Crippen LogP) is -0.340. The van der Waals surface area contributed by atoms with Crippen molar-refractivity contribution in [2.45, 2.75) is 19.4 Å². The lowest BCUT2D eigenvalue weighted by Gasteiger charge is -2.08. The van der Waals surface area contributed by atoms with Gasteiger partial charge in [0.05, 0.1) is 0 Å². The maximum Gasteiger partial charge on any atom is 0.219 e. The number of nitrogens with zero attached hydrogens (tertiary/aromatic N) is 2. The largest absolute Gasteiger partial charge is 0.370 e. The summed E-state index contributed by atoms with van der Waals surface area (Å²) in [6, 6.07) is -0.405. The smallest absolute Gasteiger partial charge is 0.219 e. The van der Waals surface area contributed by atoms with E-state index in [9.17, 15) is 4.79 Å². The third-order valence-corrected chi connectivity index (χ3v) is 1.65. The predicted molar refractivity (Wildman–Crippen MR) is 47.5 cm³/mol. The number of aryl methyl sites for hydroxylation is 1. The van der Waals surface area contributed by atoms with E-state index < -0.39 is 11.9 Å². The summed E-state index contributed by atoms with van der Waals surface area (Å²) in [6.07, 6.45) is 3.33. The second-order valence-electron chi connectivity index (χ2n) is 2.84. The highest BCUT2D eigenvalue weighted by Gasteiger charge is 2.09. The molecule has 0 saturated heterocycles. The highest BCUT2D eigenvalue weighted by molar-refractivity contribution is 5.74. The molecule has 5 nitrogen and oxygen atoms in total. The zero-order valence-corrected chi connectivity index (χ0v) is 7.40.